The van der Waals surface area contributed by atoms with Crippen molar-refractivity contribution in [2.75, 3.05) is 33.9 Å². The van der Waals surface area contributed by atoms with Crippen LogP contribution in [0.5, 0.6) is 0 Å². The molecule has 1 N–H and O–H groups in total. The van der Waals surface area contributed by atoms with Crippen molar-refractivity contribution >= 4 is 0 Å². The van der Waals surface area contributed by atoms with Gasteiger partial charge in [0.15, 0.2) is 0 Å². The highest BCUT2D eigenvalue weighted by Crippen LogP contribution is 2.33. The van der Waals surface area contributed by atoms with Crippen molar-refractivity contribution in [2.24, 2.45) is 0 Å². The van der Waals surface area contributed by atoms with Crippen molar-refractivity contribution in [2.45, 2.75) is 37.3 Å². The lowest BCUT2D eigenvalue weighted by atomic mass is 9.95. The summed E-state index contributed by atoms with van der Waals surface area (Å²) in [7, 11) is 4.43. The maximum absolute atomic E-state index is 5.17. The second kappa shape index (κ2) is 4.17. The molecule has 3 nitrogen and oxygen atoms in total. The lowest BCUT2D eigenvalue weighted by molar-refractivity contribution is -0.0115. The molecule has 0 spiro atoms. The molecule has 1 saturated carbocycles. The van der Waals surface area contributed by atoms with Crippen LogP contribution in [0.2, 0.25) is 0 Å². The van der Waals surface area contributed by atoms with Gasteiger partial charge in [-0.05, 0) is 26.9 Å². The van der Waals surface area contributed by atoms with E-state index in [1.807, 2.05) is 0 Å². The van der Waals surface area contributed by atoms with Crippen molar-refractivity contribution < 1.29 is 4.74 Å². The Hall–Kier alpha value is -0.120. The van der Waals surface area contributed by atoms with Gasteiger partial charge in [-0.3, -0.25) is 0 Å². The Kier molecular flexibility index (Phi) is 3.10. The average molecular weight is 198 g/mol. The number of likely N-dealkylation sites (N-methyl/N-ethyl adjacent to an activating group) is 1. The molecular weight excluding hydrogens is 176 g/mol. The molecule has 0 aromatic rings. The molecule has 0 bridgehead atoms. The molecule has 1 saturated heterocycles. The Morgan fingerprint density at radius 1 is 1.29 bits per heavy atom. The van der Waals surface area contributed by atoms with E-state index in [9.17, 15) is 0 Å². The number of rotatable bonds is 4. The Labute approximate surface area is 86.8 Å². The van der Waals surface area contributed by atoms with Crippen LogP contribution in [0.4, 0.5) is 0 Å². The highest BCUT2D eigenvalue weighted by atomic mass is 16.5. The van der Waals surface area contributed by atoms with E-state index in [4.69, 9.17) is 4.74 Å². The van der Waals surface area contributed by atoms with Gasteiger partial charge in [-0.1, -0.05) is 12.8 Å². The van der Waals surface area contributed by atoms with Crippen LogP contribution in [0, 0.1) is 0 Å². The van der Waals surface area contributed by atoms with E-state index in [-0.39, 0.29) is 0 Å². The van der Waals surface area contributed by atoms with Gasteiger partial charge in [0, 0.05) is 12.1 Å². The summed E-state index contributed by atoms with van der Waals surface area (Å²) in [5.41, 5.74) is 0.426. The third kappa shape index (κ3) is 1.95. The fourth-order valence-corrected chi connectivity index (χ4v) is 2.50. The first-order valence-electron chi connectivity index (χ1n) is 5.71. The molecule has 0 atom stereocenters. The van der Waals surface area contributed by atoms with Crippen molar-refractivity contribution in [1.29, 1.82) is 0 Å². The van der Waals surface area contributed by atoms with Gasteiger partial charge < -0.3 is 15.0 Å². The van der Waals surface area contributed by atoms with E-state index in [0.717, 1.165) is 19.8 Å². The SMILES string of the molecule is CN(C)C1(CNC2COC2)CCCC1. The highest BCUT2D eigenvalue weighted by Gasteiger charge is 2.36. The first kappa shape index (κ1) is 10.4. The van der Waals surface area contributed by atoms with Crippen LogP contribution in [-0.4, -0.2) is 50.3 Å². The van der Waals surface area contributed by atoms with E-state index in [2.05, 4.69) is 24.3 Å². The molecule has 2 aliphatic rings. The molecule has 1 aliphatic heterocycles. The second-order valence-electron chi connectivity index (χ2n) is 4.94. The monoisotopic (exact) mass is 198 g/mol. The fourth-order valence-electron chi connectivity index (χ4n) is 2.50. The van der Waals surface area contributed by atoms with Crippen molar-refractivity contribution in [1.82, 2.24) is 10.2 Å². The van der Waals surface area contributed by atoms with Crippen molar-refractivity contribution in [3.8, 4) is 0 Å². The summed E-state index contributed by atoms with van der Waals surface area (Å²) in [4.78, 5) is 2.41. The van der Waals surface area contributed by atoms with E-state index in [1.54, 1.807) is 0 Å². The van der Waals surface area contributed by atoms with Crippen LogP contribution < -0.4 is 5.32 Å². The maximum Gasteiger partial charge on any atom is 0.0643 e. The summed E-state index contributed by atoms with van der Waals surface area (Å²) in [5.74, 6) is 0. The quantitative estimate of drug-likeness (QED) is 0.725. The lowest BCUT2D eigenvalue weighted by Gasteiger charge is -2.39. The standard InChI is InChI=1S/C11H22N2O/c1-13(2)11(5-3-4-6-11)9-12-10-7-14-8-10/h10,12H,3-9H2,1-2H3. The van der Waals surface area contributed by atoms with Crippen LogP contribution in [-0.2, 0) is 4.74 Å². The third-order valence-electron chi connectivity index (χ3n) is 3.84. The normalized spacial score (nSPS) is 26.8. The molecule has 0 unspecified atom stereocenters. The highest BCUT2D eigenvalue weighted by molar-refractivity contribution is 4.95. The molecular formula is C11H22N2O. The topological polar surface area (TPSA) is 24.5 Å². The Balaban J connectivity index is 1.83. The fraction of sp³-hybridized carbons (Fsp3) is 1.00. The molecule has 1 aliphatic carbocycles. The molecule has 2 rings (SSSR count). The van der Waals surface area contributed by atoms with Crippen molar-refractivity contribution in [3.63, 3.8) is 0 Å². The van der Waals surface area contributed by atoms with Crippen LogP contribution in [0.1, 0.15) is 25.7 Å². The minimum atomic E-state index is 0.426. The molecule has 0 radical (unpaired) electrons. The van der Waals surface area contributed by atoms with Crippen molar-refractivity contribution in [3.05, 3.63) is 0 Å². The van der Waals surface area contributed by atoms with Crippen LogP contribution in [0.15, 0.2) is 0 Å². The molecule has 2 fully saturated rings. The first-order valence-corrected chi connectivity index (χ1v) is 5.71. The molecule has 0 aromatic heterocycles. The summed E-state index contributed by atoms with van der Waals surface area (Å²) in [5, 5.41) is 3.62. The van der Waals surface area contributed by atoms with E-state index in [0.29, 0.717) is 11.6 Å². The minimum absolute atomic E-state index is 0.426. The summed E-state index contributed by atoms with van der Waals surface area (Å²) in [6, 6.07) is 0.618. The largest absolute Gasteiger partial charge is 0.378 e. The summed E-state index contributed by atoms with van der Waals surface area (Å²) in [6.45, 7) is 2.95. The molecule has 0 aromatic carbocycles. The maximum atomic E-state index is 5.17. The predicted octanol–water partition coefficient (Wildman–Crippen LogP) is 0.849. The number of ether oxygens (including phenoxy) is 1. The van der Waals surface area contributed by atoms with E-state index >= 15 is 0 Å². The van der Waals surface area contributed by atoms with Crippen LogP contribution >= 0.6 is 0 Å². The zero-order valence-electron chi connectivity index (χ0n) is 9.38. The van der Waals surface area contributed by atoms with Gasteiger partial charge >= 0.3 is 0 Å². The van der Waals surface area contributed by atoms with Gasteiger partial charge in [0.25, 0.3) is 0 Å². The van der Waals surface area contributed by atoms with Gasteiger partial charge in [-0.25, -0.2) is 0 Å². The molecule has 14 heavy (non-hydrogen) atoms. The summed E-state index contributed by atoms with van der Waals surface area (Å²) >= 11 is 0. The Morgan fingerprint density at radius 2 is 1.93 bits per heavy atom. The van der Waals surface area contributed by atoms with Gasteiger partial charge in [-0.15, -0.1) is 0 Å². The van der Waals surface area contributed by atoms with Gasteiger partial charge in [0.1, 0.15) is 0 Å². The zero-order valence-corrected chi connectivity index (χ0v) is 9.38. The van der Waals surface area contributed by atoms with Gasteiger partial charge in [0.2, 0.25) is 0 Å². The summed E-state index contributed by atoms with van der Waals surface area (Å²) in [6.07, 6.45) is 5.48. The van der Waals surface area contributed by atoms with Gasteiger partial charge in [0.05, 0.1) is 19.3 Å². The lowest BCUT2D eigenvalue weighted by Crippen LogP contribution is -2.55. The zero-order chi connectivity index (χ0) is 10.0. The minimum Gasteiger partial charge on any atom is -0.378 e. The number of hydrogen-bond acceptors (Lipinski definition) is 3. The third-order valence-corrected chi connectivity index (χ3v) is 3.84. The van der Waals surface area contributed by atoms with E-state index < -0.39 is 0 Å². The molecule has 82 valence electrons. The predicted molar refractivity (Wildman–Crippen MR) is 57.5 cm³/mol. The molecule has 3 heteroatoms. The van der Waals surface area contributed by atoms with Crippen LogP contribution in [0.3, 0.4) is 0 Å². The van der Waals surface area contributed by atoms with Crippen LogP contribution in [0.25, 0.3) is 0 Å². The second-order valence-corrected chi connectivity index (χ2v) is 4.94. The Bertz CT molecular complexity index is 184. The molecule has 0 amide bonds. The van der Waals surface area contributed by atoms with E-state index in [1.165, 1.54) is 25.7 Å². The first-order chi connectivity index (χ1) is 6.73. The van der Waals surface area contributed by atoms with Gasteiger partial charge in [-0.2, -0.15) is 0 Å². The number of nitrogens with zero attached hydrogens (tertiary/aromatic N) is 1. The number of hydrogen-bond donors (Lipinski definition) is 1. The smallest absolute Gasteiger partial charge is 0.0643 e. The average Bonchev–Trinajstić information content (AvgIpc) is 2.51. The Morgan fingerprint density at radius 3 is 2.36 bits per heavy atom. The number of nitrogens with one attached hydrogen (secondary N) is 1. The molecule has 1 heterocycles. The summed E-state index contributed by atoms with van der Waals surface area (Å²) < 4.78 is 5.17.